The van der Waals surface area contributed by atoms with Gasteiger partial charge in [-0.1, -0.05) is 41.5 Å². The minimum Gasteiger partial charge on any atom is -0.480 e. The molecule has 10 atom stereocenters. The van der Waals surface area contributed by atoms with Crippen molar-refractivity contribution >= 4 is 77.7 Å². The fraction of sp³-hybridized carbons (Fsp3) is 0.738. The lowest BCUT2D eigenvalue weighted by Crippen LogP contribution is -2.62. The van der Waals surface area contributed by atoms with Crippen molar-refractivity contribution in [3.8, 4) is 0 Å². The summed E-state index contributed by atoms with van der Waals surface area (Å²) >= 11 is 4.08. The number of amides is 10. The van der Waals surface area contributed by atoms with E-state index in [1.807, 2.05) is 0 Å². The number of carboxylic acid groups (broad SMARTS) is 1. The lowest BCUT2D eigenvalue weighted by Gasteiger charge is -2.31. The van der Waals surface area contributed by atoms with E-state index in [4.69, 9.17) is 22.3 Å². The Balaban J connectivity index is 3.32. The molecular formula is C42H73N11O13S. The highest BCUT2D eigenvalue weighted by Gasteiger charge is 2.40. The van der Waals surface area contributed by atoms with Crippen LogP contribution in [0.3, 0.4) is 0 Å². The number of nitrogens with two attached hydrogens (primary N) is 3. The molecule has 0 aliphatic carbocycles. The van der Waals surface area contributed by atoms with Gasteiger partial charge in [0.2, 0.25) is 59.1 Å². The summed E-state index contributed by atoms with van der Waals surface area (Å²) in [6.07, 6.45) is -1.76. The number of nitrogens with one attached hydrogen (secondary N) is 7. The van der Waals surface area contributed by atoms with E-state index >= 15 is 0 Å². The van der Waals surface area contributed by atoms with Gasteiger partial charge in [-0.15, -0.1) is 0 Å². The van der Waals surface area contributed by atoms with Crippen LogP contribution in [0.25, 0.3) is 0 Å². The van der Waals surface area contributed by atoms with Crippen molar-refractivity contribution in [1.82, 2.24) is 42.1 Å². The lowest BCUT2D eigenvalue weighted by molar-refractivity contribution is -0.141. The molecule has 380 valence electrons. The standard InChI is InChI=1S/C42H73N11O13S/c1-19(2)16-26(48-39(62)32(21(5)6)51-38(61)29-10-9-15-53(29)41(64)24(43)11-13-30(44)55)35(58)47-25(12-14-31(45)56)34(57)52-33(23(8)54)40(63)49-27(17-20(3)4)36(59)50-28(18-67)37(60)46-22(7)42(65)66/h19-29,32-33,54,67H,9-18,43H2,1-8H3,(H2,44,55)(H2,45,56)(H,46,60)(H,47,58)(H,48,62)(H,49,63)(H,50,59)(H,51,61)(H,52,57)(H,65,66)/t22-,23+,24-,25-,26-,27-,28-,29-,32-,33-/m0/s1. The molecule has 1 saturated heterocycles. The van der Waals surface area contributed by atoms with Gasteiger partial charge in [0.15, 0.2) is 0 Å². The van der Waals surface area contributed by atoms with Gasteiger partial charge >= 0.3 is 5.97 Å². The number of primary amides is 2. The number of hydrogen-bond acceptors (Lipinski definition) is 14. The highest BCUT2D eigenvalue weighted by Crippen LogP contribution is 2.20. The van der Waals surface area contributed by atoms with Crippen LogP contribution in [0, 0.1) is 17.8 Å². The van der Waals surface area contributed by atoms with Crippen molar-refractivity contribution < 1.29 is 63.0 Å². The number of aliphatic hydroxyl groups excluding tert-OH is 1. The van der Waals surface area contributed by atoms with E-state index in [1.54, 1.807) is 41.5 Å². The second-order valence-electron chi connectivity index (χ2n) is 18.0. The van der Waals surface area contributed by atoms with Gasteiger partial charge in [-0.05, 0) is 70.1 Å². The molecule has 1 fully saturated rings. The van der Waals surface area contributed by atoms with Crippen LogP contribution < -0.4 is 54.4 Å². The predicted octanol–water partition coefficient (Wildman–Crippen LogP) is -3.61. The summed E-state index contributed by atoms with van der Waals surface area (Å²) < 4.78 is 0. The molecule has 15 N–H and O–H groups in total. The molecule has 0 radical (unpaired) electrons. The molecular weight excluding hydrogens is 899 g/mol. The van der Waals surface area contributed by atoms with E-state index < -0.39 is 138 Å². The van der Waals surface area contributed by atoms with Gasteiger partial charge in [-0.2, -0.15) is 12.6 Å². The zero-order valence-corrected chi connectivity index (χ0v) is 40.5. The van der Waals surface area contributed by atoms with Crippen molar-refractivity contribution in [3.63, 3.8) is 0 Å². The summed E-state index contributed by atoms with van der Waals surface area (Å²) in [7, 11) is 0. The molecule has 24 nitrogen and oxygen atoms in total. The fourth-order valence-corrected chi connectivity index (χ4v) is 7.24. The van der Waals surface area contributed by atoms with Crippen LogP contribution in [0.5, 0.6) is 0 Å². The topological polar surface area (TPSA) is 394 Å². The number of aliphatic hydroxyl groups is 1. The summed E-state index contributed by atoms with van der Waals surface area (Å²) in [5.74, 6) is -10.7. The van der Waals surface area contributed by atoms with Gasteiger partial charge in [0.25, 0.3) is 0 Å². The number of carboxylic acids is 1. The third-order valence-corrected chi connectivity index (χ3v) is 11.1. The van der Waals surface area contributed by atoms with Crippen molar-refractivity contribution in [1.29, 1.82) is 0 Å². The minimum atomic E-state index is -1.75. The van der Waals surface area contributed by atoms with Gasteiger partial charge < -0.3 is 69.5 Å². The normalized spacial score (nSPS) is 17.6. The van der Waals surface area contributed by atoms with E-state index in [9.17, 15) is 57.8 Å². The molecule has 0 saturated carbocycles. The van der Waals surface area contributed by atoms with Gasteiger partial charge in [0, 0.05) is 25.1 Å². The van der Waals surface area contributed by atoms with E-state index in [2.05, 4.69) is 49.8 Å². The number of rotatable bonds is 29. The lowest BCUT2D eigenvalue weighted by atomic mass is 9.99. The molecule has 0 aromatic heterocycles. The van der Waals surface area contributed by atoms with Crippen molar-refractivity contribution in [3.05, 3.63) is 0 Å². The number of nitrogens with zero attached hydrogens (tertiary/aromatic N) is 1. The van der Waals surface area contributed by atoms with Crippen LogP contribution in [0.4, 0.5) is 0 Å². The van der Waals surface area contributed by atoms with Gasteiger partial charge in [-0.3, -0.25) is 52.7 Å². The highest BCUT2D eigenvalue weighted by molar-refractivity contribution is 7.80. The zero-order chi connectivity index (χ0) is 51.5. The quantitative estimate of drug-likeness (QED) is 0.0322. The Morgan fingerprint density at radius 2 is 1.06 bits per heavy atom. The zero-order valence-electron chi connectivity index (χ0n) is 39.6. The van der Waals surface area contributed by atoms with Crippen molar-refractivity contribution in [2.45, 2.75) is 167 Å². The van der Waals surface area contributed by atoms with E-state index in [0.717, 1.165) is 0 Å². The van der Waals surface area contributed by atoms with Crippen LogP contribution in [0.15, 0.2) is 0 Å². The Hall–Kier alpha value is -5.56. The Labute approximate surface area is 396 Å². The number of carbonyl (C=O) groups excluding carboxylic acids is 10. The van der Waals surface area contributed by atoms with Crippen molar-refractivity contribution in [2.75, 3.05) is 12.3 Å². The summed E-state index contributed by atoms with van der Waals surface area (Å²) in [5.41, 5.74) is 16.6. The number of carbonyl (C=O) groups is 11. The molecule has 0 bridgehead atoms. The Kier molecular flexibility index (Phi) is 25.4. The number of hydrogen-bond donors (Lipinski definition) is 13. The molecule has 67 heavy (non-hydrogen) atoms. The van der Waals surface area contributed by atoms with Crippen molar-refractivity contribution in [2.24, 2.45) is 35.0 Å². The number of likely N-dealkylation sites (tertiary alicyclic amines) is 1. The average Bonchev–Trinajstić information content (AvgIpc) is 3.72. The number of aliphatic carboxylic acids is 1. The van der Waals surface area contributed by atoms with E-state index in [1.165, 1.54) is 18.7 Å². The fourth-order valence-electron chi connectivity index (χ4n) is 6.98. The van der Waals surface area contributed by atoms with Crippen LogP contribution in [-0.4, -0.2) is 153 Å². The smallest absolute Gasteiger partial charge is 0.325 e. The SMILES string of the molecule is CC(C)C[C@H](NC(=O)[C@@H](NC(=O)[C@@H]1CCCN1C(=O)[C@@H](N)CCC(N)=O)C(C)C)C(=O)N[C@@H](CCC(N)=O)C(=O)N[C@H](C(=O)N[C@@H](CC(C)C)C(=O)N[C@@H](CS)C(=O)N[C@@H](C)C(=O)O)[C@@H](C)O. The summed E-state index contributed by atoms with van der Waals surface area (Å²) in [4.78, 5) is 144. The molecule has 25 heteroatoms. The predicted molar refractivity (Wildman–Crippen MR) is 246 cm³/mol. The molecule has 1 aliphatic rings. The largest absolute Gasteiger partial charge is 0.480 e. The maximum Gasteiger partial charge on any atom is 0.325 e. The first-order valence-corrected chi connectivity index (χ1v) is 23.0. The van der Waals surface area contributed by atoms with Gasteiger partial charge in [0.05, 0.1) is 12.1 Å². The monoisotopic (exact) mass is 972 g/mol. The van der Waals surface area contributed by atoms with Crippen LogP contribution >= 0.6 is 12.6 Å². The molecule has 10 amide bonds. The summed E-state index contributed by atoms with van der Waals surface area (Å²) in [5, 5.41) is 37.2. The third-order valence-electron chi connectivity index (χ3n) is 10.7. The average molecular weight is 972 g/mol. The van der Waals surface area contributed by atoms with Gasteiger partial charge in [-0.25, -0.2) is 0 Å². The molecule has 1 aliphatic heterocycles. The second kappa shape index (κ2) is 28.6. The third kappa shape index (κ3) is 20.5. The van der Waals surface area contributed by atoms with Crippen LogP contribution in [0.1, 0.15) is 107 Å². The molecule has 0 unspecified atom stereocenters. The maximum absolute atomic E-state index is 14.0. The number of thiol groups is 1. The summed E-state index contributed by atoms with van der Waals surface area (Å²) in [6.45, 7) is 12.9. The first-order chi connectivity index (χ1) is 31.1. The summed E-state index contributed by atoms with van der Waals surface area (Å²) in [6, 6.07) is -11.8. The first kappa shape index (κ1) is 59.5. The first-order valence-electron chi connectivity index (χ1n) is 22.4. The Morgan fingerprint density at radius 3 is 1.51 bits per heavy atom. The maximum atomic E-state index is 14.0. The van der Waals surface area contributed by atoms with E-state index in [0.29, 0.717) is 6.42 Å². The molecule has 1 rings (SSSR count). The van der Waals surface area contributed by atoms with Crippen LogP contribution in [0.2, 0.25) is 0 Å². The molecule has 0 spiro atoms. The highest BCUT2D eigenvalue weighted by atomic mass is 32.1. The Bertz CT molecular complexity index is 1780. The van der Waals surface area contributed by atoms with Gasteiger partial charge in [0.1, 0.15) is 48.3 Å². The van der Waals surface area contributed by atoms with Crippen LogP contribution in [-0.2, 0) is 52.7 Å². The molecule has 0 aromatic rings. The van der Waals surface area contributed by atoms with E-state index in [-0.39, 0.29) is 62.7 Å². The minimum absolute atomic E-state index is 0.0131. The molecule has 1 heterocycles. The second-order valence-corrected chi connectivity index (χ2v) is 18.4. The Morgan fingerprint density at radius 1 is 0.612 bits per heavy atom. The molecule has 0 aromatic carbocycles.